The number of alkyl halides is 6. The number of nitrogens with zero attached hydrogens (tertiary/aromatic N) is 5. The Kier molecular flexibility index (Phi) is 8.25. The molecule has 1 atom stereocenters. The van der Waals surface area contributed by atoms with Gasteiger partial charge in [0, 0.05) is 24.8 Å². The van der Waals surface area contributed by atoms with E-state index in [-0.39, 0.29) is 40.3 Å². The van der Waals surface area contributed by atoms with Crippen molar-refractivity contribution in [2.45, 2.75) is 70.4 Å². The number of aliphatic hydroxyl groups is 1. The molecule has 1 amide bonds. The minimum Gasteiger partial charge on any atom is -0.444 e. The van der Waals surface area contributed by atoms with Crippen LogP contribution in [0.25, 0.3) is 11.3 Å². The predicted molar refractivity (Wildman–Crippen MR) is 139 cm³/mol. The molecule has 1 aliphatic heterocycles. The molecule has 0 bridgehead atoms. The van der Waals surface area contributed by atoms with E-state index in [1.165, 1.54) is 17.1 Å². The predicted octanol–water partition coefficient (Wildman–Crippen LogP) is 4.94. The number of hydrogen-bond acceptors (Lipinski definition) is 7. The Labute approximate surface area is 236 Å². The van der Waals surface area contributed by atoms with E-state index in [1.807, 2.05) is 0 Å². The van der Waals surface area contributed by atoms with Crippen LogP contribution in [0.2, 0.25) is 0 Å². The number of aromatic nitrogens is 4. The molecule has 1 fully saturated rings. The number of carbonyl (C=O) groups excluding carboxylic acids is 1. The summed E-state index contributed by atoms with van der Waals surface area (Å²) >= 11 is 0. The number of nitrogens with two attached hydrogens (primary N) is 2. The second-order valence-corrected chi connectivity index (χ2v) is 11.1. The highest BCUT2D eigenvalue weighted by Crippen LogP contribution is 2.37. The average Bonchev–Trinajstić information content (AvgIpc) is 3.46. The van der Waals surface area contributed by atoms with Gasteiger partial charge in [0.05, 0.1) is 35.5 Å². The number of carbonyl (C=O) groups is 1. The molecular weight excluding hydrogens is 572 g/mol. The van der Waals surface area contributed by atoms with Crippen molar-refractivity contribution in [2.75, 3.05) is 18.8 Å². The lowest BCUT2D eigenvalue weighted by Crippen LogP contribution is -2.42. The summed E-state index contributed by atoms with van der Waals surface area (Å²) in [5.74, 6) is 0.0798. The molecule has 3 heterocycles. The summed E-state index contributed by atoms with van der Waals surface area (Å²) in [6.45, 7) is 5.63. The van der Waals surface area contributed by atoms with Gasteiger partial charge in [0.1, 0.15) is 23.3 Å². The van der Waals surface area contributed by atoms with Crippen molar-refractivity contribution in [2.24, 2.45) is 5.73 Å². The van der Waals surface area contributed by atoms with Gasteiger partial charge in [-0.2, -0.15) is 36.5 Å². The smallest absolute Gasteiger partial charge is 0.416 e. The number of halogens is 6. The molecule has 5 N–H and O–H groups in total. The number of benzene rings is 1. The zero-order valence-electron chi connectivity index (χ0n) is 23.0. The lowest BCUT2D eigenvalue weighted by atomic mass is 10.0. The fourth-order valence-corrected chi connectivity index (χ4v) is 4.73. The maximum Gasteiger partial charge on any atom is 0.416 e. The second kappa shape index (κ2) is 11.1. The Morgan fingerprint density at radius 3 is 2.14 bits per heavy atom. The Morgan fingerprint density at radius 2 is 1.64 bits per heavy atom. The zero-order valence-corrected chi connectivity index (χ0v) is 23.0. The first-order valence-corrected chi connectivity index (χ1v) is 12.9. The minimum absolute atomic E-state index is 0.0559. The van der Waals surface area contributed by atoms with Gasteiger partial charge in [0.2, 0.25) is 0 Å². The quantitative estimate of drug-likeness (QED) is 0.278. The highest BCUT2D eigenvalue weighted by atomic mass is 19.4. The maximum absolute atomic E-state index is 13.3. The number of piperidine rings is 1. The molecule has 1 aliphatic rings. The van der Waals surface area contributed by atoms with Crippen LogP contribution >= 0.6 is 0 Å². The summed E-state index contributed by atoms with van der Waals surface area (Å²) in [6, 6.07) is 1.06. The Bertz CT molecular complexity index is 1400. The third-order valence-electron chi connectivity index (χ3n) is 6.64. The van der Waals surface area contributed by atoms with Crippen molar-refractivity contribution >= 4 is 11.9 Å². The van der Waals surface area contributed by atoms with Crippen LogP contribution in [-0.2, 0) is 23.6 Å². The molecule has 16 heteroatoms. The molecule has 0 radical (unpaired) electrons. The number of amides is 1. The molecule has 0 aliphatic carbocycles. The Hall–Kier alpha value is -3.79. The first-order chi connectivity index (χ1) is 19.3. The zero-order chi connectivity index (χ0) is 31.2. The van der Waals surface area contributed by atoms with Crippen molar-refractivity contribution in [1.29, 1.82) is 0 Å². The van der Waals surface area contributed by atoms with Crippen molar-refractivity contribution in [3.05, 3.63) is 52.8 Å². The lowest BCUT2D eigenvalue weighted by Gasteiger charge is -2.33. The minimum atomic E-state index is -4.98. The molecule has 0 saturated carbocycles. The molecule has 1 unspecified atom stereocenters. The van der Waals surface area contributed by atoms with Crippen LogP contribution in [-0.4, -0.2) is 54.4 Å². The molecule has 1 aromatic carbocycles. The van der Waals surface area contributed by atoms with Crippen LogP contribution in [0.1, 0.15) is 68.1 Å². The molecular formula is C26H31F6N7O3. The fraction of sp³-hybridized carbons (Fsp3) is 0.500. The van der Waals surface area contributed by atoms with Gasteiger partial charge < -0.3 is 26.2 Å². The van der Waals surface area contributed by atoms with E-state index in [9.17, 15) is 36.2 Å². The number of anilines is 1. The van der Waals surface area contributed by atoms with E-state index >= 15 is 0 Å². The molecule has 1 saturated heterocycles. The molecule has 42 heavy (non-hydrogen) atoms. The van der Waals surface area contributed by atoms with E-state index < -0.39 is 47.9 Å². The third kappa shape index (κ3) is 6.98. The summed E-state index contributed by atoms with van der Waals surface area (Å²) in [5, 5.41) is 18.9. The van der Waals surface area contributed by atoms with Gasteiger partial charge >= 0.3 is 18.4 Å². The van der Waals surface area contributed by atoms with E-state index in [4.69, 9.17) is 16.2 Å². The van der Waals surface area contributed by atoms with E-state index in [0.717, 1.165) is 4.68 Å². The van der Waals surface area contributed by atoms with Crippen molar-refractivity contribution in [3.63, 3.8) is 0 Å². The van der Waals surface area contributed by atoms with Crippen LogP contribution < -0.4 is 11.5 Å². The fourth-order valence-electron chi connectivity index (χ4n) is 4.73. The van der Waals surface area contributed by atoms with Gasteiger partial charge in [-0.3, -0.25) is 4.68 Å². The van der Waals surface area contributed by atoms with Gasteiger partial charge in [0.15, 0.2) is 0 Å². The number of likely N-dealkylation sites (tertiary alicyclic amines) is 1. The Balaban J connectivity index is 1.58. The molecule has 4 rings (SSSR count). The summed E-state index contributed by atoms with van der Waals surface area (Å²) in [7, 11) is 0. The second-order valence-electron chi connectivity index (χ2n) is 11.1. The SMILES string of the molecule is CC(C)(C)OC(=O)N1CCC(n2nc(-c3cnn(Cc4cc(C(F)(F)F)cc(C(F)(F)F)c4)c3)c(C(N)O)c2N)CC1. The van der Waals surface area contributed by atoms with Gasteiger partial charge in [-0.25, -0.2) is 9.48 Å². The van der Waals surface area contributed by atoms with Crippen LogP contribution in [0.3, 0.4) is 0 Å². The van der Waals surface area contributed by atoms with Crippen LogP contribution in [0.15, 0.2) is 30.6 Å². The molecule has 0 spiro atoms. The van der Waals surface area contributed by atoms with Crippen LogP contribution in [0.5, 0.6) is 0 Å². The summed E-state index contributed by atoms with van der Waals surface area (Å²) in [4.78, 5) is 14.0. The molecule has 2 aromatic heterocycles. The monoisotopic (exact) mass is 603 g/mol. The summed E-state index contributed by atoms with van der Waals surface area (Å²) in [6.07, 6.45) is -8.35. The van der Waals surface area contributed by atoms with Crippen molar-refractivity contribution in [3.8, 4) is 11.3 Å². The van der Waals surface area contributed by atoms with E-state index in [1.54, 1.807) is 25.7 Å². The standard InChI is InChI=1S/C26H31F6N7O3/c1-24(2,3)42-23(41)37-6-4-18(5-7-37)39-21(33)19(22(34)40)20(36-39)15-11-35-38(13-15)12-14-8-16(25(27,28)29)10-17(9-14)26(30,31)32/h8-11,13,18,22,40H,4-7,12,33-34H2,1-3H3. The van der Waals surface area contributed by atoms with Crippen LogP contribution in [0, 0.1) is 0 Å². The number of rotatable bonds is 5. The summed E-state index contributed by atoms with van der Waals surface area (Å²) in [5.41, 5.74) is 8.83. The van der Waals surface area contributed by atoms with Gasteiger partial charge in [0.25, 0.3) is 0 Å². The van der Waals surface area contributed by atoms with Gasteiger partial charge in [-0.1, -0.05) is 0 Å². The number of ether oxygens (including phenoxy) is 1. The largest absolute Gasteiger partial charge is 0.444 e. The molecule has 230 valence electrons. The van der Waals surface area contributed by atoms with Gasteiger partial charge in [-0.15, -0.1) is 0 Å². The first kappa shape index (κ1) is 31.2. The number of aliphatic hydroxyl groups excluding tert-OH is 1. The Morgan fingerprint density at radius 1 is 1.07 bits per heavy atom. The maximum atomic E-state index is 13.3. The number of hydrogen-bond donors (Lipinski definition) is 3. The highest BCUT2D eigenvalue weighted by molar-refractivity contribution is 5.69. The van der Waals surface area contributed by atoms with Crippen LogP contribution in [0.4, 0.5) is 37.0 Å². The molecule has 10 nitrogen and oxygen atoms in total. The highest BCUT2D eigenvalue weighted by Gasteiger charge is 2.37. The lowest BCUT2D eigenvalue weighted by molar-refractivity contribution is -0.143. The first-order valence-electron chi connectivity index (χ1n) is 12.9. The van der Waals surface area contributed by atoms with E-state index in [0.29, 0.717) is 38.1 Å². The van der Waals surface area contributed by atoms with Crippen molar-refractivity contribution < 1.29 is 41.0 Å². The van der Waals surface area contributed by atoms with Gasteiger partial charge in [-0.05, 0) is 57.4 Å². The number of nitrogen functional groups attached to an aromatic ring is 1. The van der Waals surface area contributed by atoms with Crippen molar-refractivity contribution in [1.82, 2.24) is 24.5 Å². The third-order valence-corrected chi connectivity index (χ3v) is 6.64. The molecule has 3 aromatic rings. The average molecular weight is 604 g/mol. The normalized spacial score (nSPS) is 16.1. The van der Waals surface area contributed by atoms with E-state index in [2.05, 4.69) is 10.2 Å². The summed E-state index contributed by atoms with van der Waals surface area (Å²) < 4.78 is 87.7. The topological polar surface area (TPSA) is 137 Å².